The first kappa shape index (κ1) is 21.7. The third-order valence-corrected chi connectivity index (χ3v) is 7.24. The summed E-state index contributed by atoms with van der Waals surface area (Å²) in [6, 6.07) is 20.3. The summed E-state index contributed by atoms with van der Waals surface area (Å²) in [5.74, 6) is 0.409. The highest BCUT2D eigenvalue weighted by Crippen LogP contribution is 2.37. The van der Waals surface area contributed by atoms with Crippen molar-refractivity contribution >= 4 is 37.1 Å². The van der Waals surface area contributed by atoms with E-state index >= 15 is 0 Å². The molecule has 0 amide bonds. The number of nitrogens with zero attached hydrogens (tertiary/aromatic N) is 1. The second-order valence-electron chi connectivity index (χ2n) is 6.83. The van der Waals surface area contributed by atoms with Crippen LogP contribution in [0.1, 0.15) is 5.01 Å². The molecule has 0 fully saturated rings. The molecule has 0 N–H and O–H groups in total. The molecule has 0 atom stereocenters. The molecule has 0 saturated heterocycles. The molecule has 0 aliphatic rings. The van der Waals surface area contributed by atoms with E-state index in [-0.39, 0.29) is 17.3 Å². The molecule has 8 heteroatoms. The highest BCUT2D eigenvalue weighted by Gasteiger charge is 2.17. The van der Waals surface area contributed by atoms with Gasteiger partial charge in [0.15, 0.2) is 9.84 Å². The normalized spacial score (nSPS) is 11.5. The van der Waals surface area contributed by atoms with E-state index in [1.54, 1.807) is 36.4 Å². The van der Waals surface area contributed by atoms with Gasteiger partial charge in [0.05, 0.1) is 15.5 Å². The van der Waals surface area contributed by atoms with Gasteiger partial charge in [-0.05, 0) is 54.1 Å². The Balaban J connectivity index is 1.70. The molecule has 1 aromatic heterocycles. The van der Waals surface area contributed by atoms with Crippen molar-refractivity contribution in [2.45, 2.75) is 11.5 Å². The van der Waals surface area contributed by atoms with Crippen LogP contribution in [0.15, 0.2) is 82.2 Å². The highest BCUT2D eigenvalue weighted by atomic mass is 79.9. The van der Waals surface area contributed by atoms with Gasteiger partial charge in [-0.2, -0.15) is 0 Å². The lowest BCUT2D eigenvalue weighted by Gasteiger charge is -2.04. The summed E-state index contributed by atoms with van der Waals surface area (Å²) in [6.07, 6.45) is 1.17. The van der Waals surface area contributed by atoms with Crippen molar-refractivity contribution in [2.24, 2.45) is 0 Å². The van der Waals surface area contributed by atoms with E-state index in [4.69, 9.17) is 9.72 Å². The average molecular weight is 518 g/mol. The van der Waals surface area contributed by atoms with Crippen molar-refractivity contribution in [2.75, 3.05) is 6.26 Å². The van der Waals surface area contributed by atoms with E-state index in [1.807, 2.05) is 24.3 Å². The summed E-state index contributed by atoms with van der Waals surface area (Å²) in [4.78, 5) is 5.85. The molecular formula is C23H17BrFNO3S2. The number of aromatic nitrogens is 1. The number of benzene rings is 3. The third kappa shape index (κ3) is 5.20. The number of thiazole rings is 1. The quantitative estimate of drug-likeness (QED) is 0.298. The van der Waals surface area contributed by atoms with Gasteiger partial charge in [0.25, 0.3) is 0 Å². The Morgan fingerprint density at radius 2 is 1.55 bits per heavy atom. The molecule has 0 spiro atoms. The minimum atomic E-state index is -3.29. The van der Waals surface area contributed by atoms with E-state index < -0.39 is 9.84 Å². The zero-order valence-electron chi connectivity index (χ0n) is 16.4. The first-order valence-corrected chi connectivity index (χ1v) is 12.7. The van der Waals surface area contributed by atoms with Crippen LogP contribution in [0.3, 0.4) is 0 Å². The molecule has 0 aliphatic carbocycles. The largest absolute Gasteiger partial charge is 0.486 e. The lowest BCUT2D eigenvalue weighted by atomic mass is 10.1. The zero-order valence-corrected chi connectivity index (χ0v) is 19.6. The zero-order chi connectivity index (χ0) is 22.0. The summed E-state index contributed by atoms with van der Waals surface area (Å²) in [6.45, 7) is 0.280. The molecule has 0 saturated carbocycles. The van der Waals surface area contributed by atoms with Crippen LogP contribution in [0.5, 0.6) is 5.75 Å². The lowest BCUT2D eigenvalue weighted by Crippen LogP contribution is -1.96. The van der Waals surface area contributed by atoms with Crippen LogP contribution in [0.4, 0.5) is 4.39 Å². The number of hydrogen-bond donors (Lipinski definition) is 0. The Labute approximate surface area is 192 Å². The summed E-state index contributed by atoms with van der Waals surface area (Å²) >= 11 is 4.86. The van der Waals surface area contributed by atoms with Crippen molar-refractivity contribution in [3.8, 4) is 27.4 Å². The lowest BCUT2D eigenvalue weighted by molar-refractivity contribution is 0.305. The summed E-state index contributed by atoms with van der Waals surface area (Å²) < 4.78 is 43.8. The fourth-order valence-electron chi connectivity index (χ4n) is 2.95. The first-order valence-electron chi connectivity index (χ1n) is 9.24. The van der Waals surface area contributed by atoms with Crippen molar-refractivity contribution in [1.82, 2.24) is 4.98 Å². The number of halogens is 2. The van der Waals surface area contributed by atoms with Gasteiger partial charge in [0, 0.05) is 16.3 Å². The van der Waals surface area contributed by atoms with E-state index in [9.17, 15) is 12.8 Å². The molecule has 0 aliphatic heterocycles. The maximum Gasteiger partial charge on any atom is 0.175 e. The SMILES string of the molecule is CS(=O)(=O)c1ccc(-c2nc(COc3ccc(Br)cc3)sc2-c2ccc(F)cc2)cc1. The molecule has 4 nitrogen and oxygen atoms in total. The molecule has 1 heterocycles. The van der Waals surface area contributed by atoms with Gasteiger partial charge in [-0.25, -0.2) is 17.8 Å². The summed E-state index contributed by atoms with van der Waals surface area (Å²) in [5.41, 5.74) is 2.31. The molecule has 31 heavy (non-hydrogen) atoms. The molecule has 158 valence electrons. The average Bonchev–Trinajstić information content (AvgIpc) is 3.18. The number of hydrogen-bond acceptors (Lipinski definition) is 5. The third-order valence-electron chi connectivity index (χ3n) is 4.51. The molecule has 4 rings (SSSR count). The summed E-state index contributed by atoms with van der Waals surface area (Å²) in [5, 5.41) is 0.754. The number of sulfone groups is 1. The maximum atomic E-state index is 13.4. The highest BCUT2D eigenvalue weighted by molar-refractivity contribution is 9.10. The van der Waals surface area contributed by atoms with Crippen LogP contribution in [0, 0.1) is 5.82 Å². The van der Waals surface area contributed by atoms with Crippen molar-refractivity contribution < 1.29 is 17.5 Å². The van der Waals surface area contributed by atoms with Gasteiger partial charge in [0.2, 0.25) is 0 Å². The van der Waals surface area contributed by atoms with Gasteiger partial charge >= 0.3 is 0 Å². The van der Waals surface area contributed by atoms with Crippen LogP contribution in [-0.4, -0.2) is 19.7 Å². The Bertz CT molecular complexity index is 1300. The van der Waals surface area contributed by atoms with E-state index in [0.29, 0.717) is 5.69 Å². The molecular weight excluding hydrogens is 501 g/mol. The predicted octanol–water partition coefficient (Wildman–Crippen LogP) is 6.36. The van der Waals surface area contributed by atoms with E-state index in [0.717, 1.165) is 31.2 Å². The Morgan fingerprint density at radius 1 is 0.935 bits per heavy atom. The van der Waals surface area contributed by atoms with Crippen LogP contribution < -0.4 is 4.74 Å². The van der Waals surface area contributed by atoms with Gasteiger partial charge in [-0.15, -0.1) is 11.3 Å². The van der Waals surface area contributed by atoms with Crippen molar-refractivity contribution in [3.05, 3.63) is 88.1 Å². The van der Waals surface area contributed by atoms with Crippen LogP contribution >= 0.6 is 27.3 Å². The van der Waals surface area contributed by atoms with Crippen molar-refractivity contribution in [3.63, 3.8) is 0 Å². The van der Waals surface area contributed by atoms with Gasteiger partial charge in [0.1, 0.15) is 23.2 Å². The molecule has 0 unspecified atom stereocenters. The standard InChI is InChI=1S/C23H17BrFNO3S2/c1-31(27,28)20-12-4-15(5-13-20)22-23(16-2-8-18(25)9-3-16)30-21(26-22)14-29-19-10-6-17(24)7-11-19/h2-13H,14H2,1H3. The Kier molecular flexibility index (Phi) is 6.22. The van der Waals surface area contributed by atoms with Crippen LogP contribution in [0.25, 0.3) is 21.7 Å². The fourth-order valence-corrected chi connectivity index (χ4v) is 4.85. The second-order valence-corrected chi connectivity index (χ2v) is 10.8. The minimum Gasteiger partial charge on any atom is -0.486 e. The Hall–Kier alpha value is -2.55. The van der Waals surface area contributed by atoms with E-state index in [1.165, 1.54) is 29.7 Å². The van der Waals surface area contributed by atoms with Gasteiger partial charge in [-0.3, -0.25) is 0 Å². The van der Waals surface area contributed by atoms with E-state index in [2.05, 4.69) is 15.9 Å². The smallest absolute Gasteiger partial charge is 0.175 e. The van der Waals surface area contributed by atoms with Crippen LogP contribution in [-0.2, 0) is 16.4 Å². The summed E-state index contributed by atoms with van der Waals surface area (Å²) in [7, 11) is -3.29. The fraction of sp³-hybridized carbons (Fsp3) is 0.0870. The predicted molar refractivity (Wildman–Crippen MR) is 125 cm³/mol. The number of ether oxygens (including phenoxy) is 1. The van der Waals surface area contributed by atoms with Crippen molar-refractivity contribution in [1.29, 1.82) is 0 Å². The van der Waals surface area contributed by atoms with Gasteiger partial charge in [-0.1, -0.05) is 40.2 Å². The topological polar surface area (TPSA) is 56.3 Å². The first-order chi connectivity index (χ1) is 14.8. The van der Waals surface area contributed by atoms with Crippen LogP contribution in [0.2, 0.25) is 0 Å². The second kappa shape index (κ2) is 8.90. The monoisotopic (exact) mass is 517 g/mol. The maximum absolute atomic E-state index is 13.4. The molecule has 0 radical (unpaired) electrons. The number of rotatable bonds is 6. The Morgan fingerprint density at radius 3 is 2.16 bits per heavy atom. The van der Waals surface area contributed by atoms with Gasteiger partial charge < -0.3 is 4.74 Å². The molecule has 0 bridgehead atoms. The minimum absolute atomic E-state index is 0.244. The molecule has 3 aromatic carbocycles. The molecule has 4 aromatic rings.